The Hall–Kier alpha value is -2.90. The van der Waals surface area contributed by atoms with Gasteiger partial charge in [-0.2, -0.15) is 5.10 Å². The van der Waals surface area contributed by atoms with Crippen molar-refractivity contribution in [2.45, 2.75) is 26.3 Å². The second kappa shape index (κ2) is 7.33. The number of aromatic amines is 1. The second-order valence-corrected chi connectivity index (χ2v) is 6.27. The van der Waals surface area contributed by atoms with Gasteiger partial charge < -0.3 is 16.0 Å². The van der Waals surface area contributed by atoms with Crippen LogP contribution in [0.1, 0.15) is 34.7 Å². The summed E-state index contributed by atoms with van der Waals surface area (Å²) in [6.45, 7) is 3.80. The number of amides is 2. The maximum atomic E-state index is 12.3. The number of aromatic nitrogens is 3. The number of aryl methyl sites for hydroxylation is 1. The van der Waals surface area contributed by atoms with E-state index in [-0.39, 0.29) is 17.5 Å². The van der Waals surface area contributed by atoms with Crippen molar-refractivity contribution in [2.75, 3.05) is 18.0 Å². The van der Waals surface area contributed by atoms with Gasteiger partial charge in [-0.05, 0) is 38.0 Å². The molecule has 0 bridgehead atoms. The molecule has 4 N–H and O–H groups in total. The highest BCUT2D eigenvalue weighted by molar-refractivity contribution is 5.91. The van der Waals surface area contributed by atoms with Crippen LogP contribution in [0.15, 0.2) is 24.3 Å². The quantitative estimate of drug-likeness (QED) is 0.741. The van der Waals surface area contributed by atoms with Crippen LogP contribution in [0, 0.1) is 12.8 Å². The lowest BCUT2D eigenvalue weighted by Gasteiger charge is -2.32. The van der Waals surface area contributed by atoms with E-state index < -0.39 is 5.91 Å². The largest absolute Gasteiger partial charge is 0.364 e. The average Bonchev–Trinajstić information content (AvgIpc) is 3.05. The molecule has 2 aromatic rings. The first-order valence-corrected chi connectivity index (χ1v) is 8.33. The van der Waals surface area contributed by atoms with Crippen molar-refractivity contribution in [3.8, 4) is 0 Å². The molecule has 0 saturated carbocycles. The van der Waals surface area contributed by atoms with Crippen molar-refractivity contribution < 1.29 is 9.59 Å². The third kappa shape index (κ3) is 4.14. The Kier molecular flexibility index (Phi) is 4.97. The van der Waals surface area contributed by atoms with Crippen LogP contribution in [0.2, 0.25) is 0 Å². The van der Waals surface area contributed by atoms with Gasteiger partial charge in [-0.1, -0.05) is 6.07 Å². The summed E-state index contributed by atoms with van der Waals surface area (Å²) in [6, 6.07) is 7.14. The number of primary amides is 1. The Balaban J connectivity index is 1.52. The molecule has 0 aromatic carbocycles. The molecule has 0 spiro atoms. The number of carbonyl (C=O) groups excluding carboxylic acids is 2. The highest BCUT2D eigenvalue weighted by Gasteiger charge is 2.25. The number of anilines is 1. The molecule has 132 valence electrons. The van der Waals surface area contributed by atoms with Gasteiger partial charge in [-0.15, -0.1) is 0 Å². The summed E-state index contributed by atoms with van der Waals surface area (Å²) >= 11 is 0. The van der Waals surface area contributed by atoms with Crippen LogP contribution in [0.4, 0.5) is 5.82 Å². The summed E-state index contributed by atoms with van der Waals surface area (Å²) in [5, 5.41) is 9.92. The zero-order valence-corrected chi connectivity index (χ0v) is 14.2. The summed E-state index contributed by atoms with van der Waals surface area (Å²) in [5.41, 5.74) is 7.34. The van der Waals surface area contributed by atoms with Crippen LogP contribution in [-0.4, -0.2) is 40.1 Å². The number of piperidine rings is 1. The third-order valence-electron chi connectivity index (χ3n) is 4.38. The van der Waals surface area contributed by atoms with Crippen LogP contribution in [0.25, 0.3) is 0 Å². The molecule has 2 aromatic heterocycles. The lowest BCUT2D eigenvalue weighted by molar-refractivity contribution is -0.125. The van der Waals surface area contributed by atoms with Gasteiger partial charge in [0.1, 0.15) is 11.5 Å². The summed E-state index contributed by atoms with van der Waals surface area (Å²) in [5.74, 6) is 0.224. The Morgan fingerprint density at radius 2 is 2.12 bits per heavy atom. The fourth-order valence-corrected chi connectivity index (χ4v) is 2.99. The molecule has 0 unspecified atom stereocenters. The predicted molar refractivity (Wildman–Crippen MR) is 92.9 cm³/mol. The van der Waals surface area contributed by atoms with E-state index in [1.54, 1.807) is 12.1 Å². The van der Waals surface area contributed by atoms with Crippen molar-refractivity contribution in [1.82, 2.24) is 20.5 Å². The number of carbonyl (C=O) groups is 2. The Labute approximate surface area is 145 Å². The van der Waals surface area contributed by atoms with Crippen molar-refractivity contribution in [1.29, 1.82) is 0 Å². The minimum absolute atomic E-state index is 0.0180. The van der Waals surface area contributed by atoms with E-state index in [2.05, 4.69) is 25.4 Å². The van der Waals surface area contributed by atoms with Gasteiger partial charge in [-0.3, -0.25) is 14.7 Å². The molecule has 1 fully saturated rings. The lowest BCUT2D eigenvalue weighted by Crippen LogP contribution is -2.40. The average molecular weight is 342 g/mol. The fraction of sp³-hybridized carbons (Fsp3) is 0.412. The van der Waals surface area contributed by atoms with Gasteiger partial charge in [-0.25, -0.2) is 4.98 Å². The van der Waals surface area contributed by atoms with E-state index in [1.165, 1.54) is 0 Å². The molecule has 1 aliphatic rings. The summed E-state index contributed by atoms with van der Waals surface area (Å²) in [6.07, 6.45) is 1.49. The maximum absolute atomic E-state index is 12.3. The number of H-pyrrole nitrogens is 1. The van der Waals surface area contributed by atoms with E-state index in [4.69, 9.17) is 5.73 Å². The number of nitrogens with two attached hydrogens (primary N) is 1. The highest BCUT2D eigenvalue weighted by atomic mass is 16.2. The van der Waals surface area contributed by atoms with E-state index in [0.29, 0.717) is 6.54 Å². The van der Waals surface area contributed by atoms with Gasteiger partial charge in [0, 0.05) is 24.7 Å². The Morgan fingerprint density at radius 1 is 1.36 bits per heavy atom. The van der Waals surface area contributed by atoms with Crippen LogP contribution in [-0.2, 0) is 11.3 Å². The minimum Gasteiger partial charge on any atom is -0.364 e. The highest BCUT2D eigenvalue weighted by Crippen LogP contribution is 2.22. The van der Waals surface area contributed by atoms with Crippen molar-refractivity contribution in [3.63, 3.8) is 0 Å². The molecule has 0 radical (unpaired) electrons. The molecule has 2 amide bonds. The standard InChI is InChI=1S/C17H22N6O2/c1-11-9-13(22-21-11)10-19-17(25)12-5-7-23(8-6-12)15-4-2-3-14(20-15)16(18)24/h2-4,9,12H,5-8,10H2,1H3,(H2,18,24)(H,19,25)(H,21,22). The monoisotopic (exact) mass is 342 g/mol. The number of nitrogens with zero attached hydrogens (tertiary/aromatic N) is 3. The lowest BCUT2D eigenvalue weighted by atomic mass is 9.96. The van der Waals surface area contributed by atoms with E-state index in [1.807, 2.05) is 19.1 Å². The number of pyridine rings is 1. The topological polar surface area (TPSA) is 117 Å². The first-order valence-electron chi connectivity index (χ1n) is 8.33. The summed E-state index contributed by atoms with van der Waals surface area (Å²) in [7, 11) is 0. The zero-order valence-electron chi connectivity index (χ0n) is 14.2. The first-order chi connectivity index (χ1) is 12.0. The Bertz CT molecular complexity index is 764. The second-order valence-electron chi connectivity index (χ2n) is 6.27. The fourth-order valence-electron chi connectivity index (χ4n) is 2.99. The number of hydrogen-bond acceptors (Lipinski definition) is 5. The van der Waals surface area contributed by atoms with Crippen molar-refractivity contribution in [3.05, 3.63) is 41.3 Å². The van der Waals surface area contributed by atoms with Crippen LogP contribution >= 0.6 is 0 Å². The first kappa shape index (κ1) is 16.9. The van der Waals surface area contributed by atoms with Crippen LogP contribution < -0.4 is 16.0 Å². The smallest absolute Gasteiger partial charge is 0.267 e. The van der Waals surface area contributed by atoms with E-state index in [0.717, 1.165) is 43.1 Å². The van der Waals surface area contributed by atoms with Gasteiger partial charge in [0.05, 0.1) is 12.2 Å². The van der Waals surface area contributed by atoms with Crippen LogP contribution in [0.3, 0.4) is 0 Å². The molecule has 3 rings (SSSR count). The molecule has 0 atom stereocenters. The summed E-state index contributed by atoms with van der Waals surface area (Å²) in [4.78, 5) is 29.9. The van der Waals surface area contributed by atoms with Gasteiger partial charge in [0.25, 0.3) is 5.91 Å². The van der Waals surface area contributed by atoms with Crippen molar-refractivity contribution in [2.24, 2.45) is 11.7 Å². The zero-order chi connectivity index (χ0) is 17.8. The van der Waals surface area contributed by atoms with Gasteiger partial charge >= 0.3 is 0 Å². The third-order valence-corrected chi connectivity index (χ3v) is 4.38. The SMILES string of the molecule is Cc1cc(CNC(=O)C2CCN(c3cccc(C(N)=O)n3)CC2)n[nH]1. The number of hydrogen-bond donors (Lipinski definition) is 3. The number of nitrogens with one attached hydrogen (secondary N) is 2. The molecule has 1 aliphatic heterocycles. The molecule has 25 heavy (non-hydrogen) atoms. The normalized spacial score (nSPS) is 15.2. The number of rotatable bonds is 5. The molecule has 3 heterocycles. The maximum Gasteiger partial charge on any atom is 0.267 e. The Morgan fingerprint density at radius 3 is 2.76 bits per heavy atom. The van der Waals surface area contributed by atoms with E-state index in [9.17, 15) is 9.59 Å². The molecule has 8 nitrogen and oxygen atoms in total. The van der Waals surface area contributed by atoms with Gasteiger partial charge in [0.15, 0.2) is 0 Å². The van der Waals surface area contributed by atoms with Crippen molar-refractivity contribution >= 4 is 17.6 Å². The molecule has 0 aliphatic carbocycles. The van der Waals surface area contributed by atoms with Crippen LogP contribution in [0.5, 0.6) is 0 Å². The minimum atomic E-state index is -0.537. The predicted octanol–water partition coefficient (Wildman–Crippen LogP) is 0.745. The molecule has 1 saturated heterocycles. The molecular formula is C17H22N6O2. The molecular weight excluding hydrogens is 320 g/mol. The molecule has 8 heteroatoms. The summed E-state index contributed by atoms with van der Waals surface area (Å²) < 4.78 is 0. The van der Waals surface area contributed by atoms with E-state index >= 15 is 0 Å². The van der Waals surface area contributed by atoms with Gasteiger partial charge in [0.2, 0.25) is 5.91 Å².